The lowest BCUT2D eigenvalue weighted by atomic mass is 10.0. The van der Waals surface area contributed by atoms with E-state index in [2.05, 4.69) is 4.74 Å². The lowest BCUT2D eigenvalue weighted by molar-refractivity contribution is -0.140. The van der Waals surface area contributed by atoms with Crippen LogP contribution in [0.15, 0.2) is 95.5 Å². The first-order valence-electron chi connectivity index (χ1n) is 10.6. The Balaban J connectivity index is 1.90. The average Bonchev–Trinajstić information content (AvgIpc) is 2.87. The second-order valence-corrected chi connectivity index (χ2v) is 9.42. The molecule has 0 radical (unpaired) electrons. The van der Waals surface area contributed by atoms with E-state index in [0.717, 1.165) is 7.11 Å². The minimum atomic E-state index is -4.36. The number of esters is 2. The van der Waals surface area contributed by atoms with Crippen LogP contribution in [0.3, 0.4) is 0 Å². The summed E-state index contributed by atoms with van der Waals surface area (Å²) in [6.45, 7) is -0.777. The van der Waals surface area contributed by atoms with Crippen LogP contribution in [0.1, 0.15) is 21.5 Å². The van der Waals surface area contributed by atoms with Crippen molar-refractivity contribution < 1.29 is 32.3 Å². The molecule has 0 N–H and O–H groups in total. The highest BCUT2D eigenvalue weighted by molar-refractivity contribution is 7.89. The molecule has 3 aromatic rings. The van der Waals surface area contributed by atoms with Crippen LogP contribution < -0.4 is 0 Å². The van der Waals surface area contributed by atoms with Crippen LogP contribution in [-0.2, 0) is 35.5 Å². The number of methoxy groups -OCH3 is 1. The highest BCUT2D eigenvalue weighted by Crippen LogP contribution is 2.39. The second kappa shape index (κ2) is 9.94. The van der Waals surface area contributed by atoms with Crippen molar-refractivity contribution in [2.45, 2.75) is 11.3 Å². The minimum Gasteiger partial charge on any atom is -0.468 e. The molecule has 35 heavy (non-hydrogen) atoms. The number of benzene rings is 3. The summed E-state index contributed by atoms with van der Waals surface area (Å²) >= 11 is 0. The Bertz CT molecular complexity index is 1410. The molecular weight excluding hydrogens is 470 g/mol. The quantitative estimate of drug-likeness (QED) is 0.369. The van der Waals surface area contributed by atoms with Crippen molar-refractivity contribution in [2.75, 3.05) is 13.7 Å². The molecule has 0 saturated heterocycles. The lowest BCUT2D eigenvalue weighted by Crippen LogP contribution is -2.42. The van der Waals surface area contributed by atoms with Crippen LogP contribution in [-0.4, -0.2) is 44.1 Å². The molecule has 0 amide bonds. The van der Waals surface area contributed by atoms with Gasteiger partial charge in [0.15, 0.2) is 5.76 Å². The van der Waals surface area contributed by atoms with Crippen molar-refractivity contribution in [2.24, 2.45) is 0 Å². The molecule has 0 atom stereocenters. The van der Waals surface area contributed by atoms with E-state index in [9.17, 15) is 22.8 Å². The Morgan fingerprint density at radius 1 is 0.800 bits per heavy atom. The number of fused-ring (bicyclic) bond motifs is 1. The zero-order chi connectivity index (χ0) is 25.0. The average molecular weight is 492 g/mol. The zero-order valence-electron chi connectivity index (χ0n) is 18.7. The first-order valence-corrected chi connectivity index (χ1v) is 12.0. The van der Waals surface area contributed by atoms with Crippen LogP contribution in [0.4, 0.5) is 0 Å². The van der Waals surface area contributed by atoms with E-state index in [1.165, 1.54) is 30.3 Å². The Labute approximate surface area is 202 Å². The van der Waals surface area contributed by atoms with Gasteiger partial charge in [0, 0.05) is 11.1 Å². The fraction of sp³-hybridized carbons (Fsp3) is 0.115. The highest BCUT2D eigenvalue weighted by atomic mass is 32.2. The molecule has 1 aliphatic rings. The van der Waals surface area contributed by atoms with Gasteiger partial charge in [0.2, 0.25) is 5.78 Å². The Morgan fingerprint density at radius 2 is 1.40 bits per heavy atom. The molecule has 0 aromatic heterocycles. The molecule has 1 aliphatic heterocycles. The fourth-order valence-electron chi connectivity index (χ4n) is 3.66. The van der Waals surface area contributed by atoms with E-state index in [1.54, 1.807) is 54.6 Å². The number of sulfonamides is 1. The number of nitrogens with zero attached hydrogens (tertiary/aromatic N) is 1. The summed E-state index contributed by atoms with van der Waals surface area (Å²) in [5, 5.41) is 0. The molecule has 0 unspecified atom stereocenters. The van der Waals surface area contributed by atoms with E-state index < -0.39 is 40.0 Å². The highest BCUT2D eigenvalue weighted by Gasteiger charge is 2.42. The zero-order valence-corrected chi connectivity index (χ0v) is 19.5. The SMILES string of the molecule is COC(=O)CN1C(C(=O)c2ccccc2)=C(OC(=O)Cc2ccccc2)c2ccccc2S1(=O)=O. The van der Waals surface area contributed by atoms with E-state index in [1.807, 2.05) is 0 Å². The van der Waals surface area contributed by atoms with Gasteiger partial charge in [-0.25, -0.2) is 12.7 Å². The number of hydrogen-bond donors (Lipinski definition) is 0. The van der Waals surface area contributed by atoms with Crippen molar-refractivity contribution in [3.8, 4) is 0 Å². The molecule has 0 saturated carbocycles. The van der Waals surface area contributed by atoms with Crippen molar-refractivity contribution in [1.29, 1.82) is 0 Å². The van der Waals surface area contributed by atoms with Gasteiger partial charge in [-0.05, 0) is 17.7 Å². The number of carbonyl (C=O) groups is 3. The van der Waals surface area contributed by atoms with Crippen LogP contribution in [0.5, 0.6) is 0 Å². The topological polar surface area (TPSA) is 107 Å². The van der Waals surface area contributed by atoms with Crippen LogP contribution in [0.25, 0.3) is 5.76 Å². The fourth-order valence-corrected chi connectivity index (χ4v) is 5.27. The normalized spacial score (nSPS) is 14.1. The number of rotatable bonds is 7. The van der Waals surface area contributed by atoms with Crippen molar-refractivity contribution in [3.63, 3.8) is 0 Å². The molecule has 4 rings (SSSR count). The Hall–Kier alpha value is -4.24. The third-order valence-corrected chi connectivity index (χ3v) is 7.13. The molecule has 0 spiro atoms. The maximum Gasteiger partial charge on any atom is 0.326 e. The summed E-state index contributed by atoms with van der Waals surface area (Å²) in [6.07, 6.45) is -0.108. The molecule has 0 bridgehead atoms. The summed E-state index contributed by atoms with van der Waals surface area (Å²) in [7, 11) is -3.25. The predicted molar refractivity (Wildman–Crippen MR) is 126 cm³/mol. The summed E-state index contributed by atoms with van der Waals surface area (Å²) in [4.78, 5) is 38.5. The molecule has 8 nitrogen and oxygen atoms in total. The monoisotopic (exact) mass is 491 g/mol. The smallest absolute Gasteiger partial charge is 0.326 e. The molecular formula is C26H21NO7S. The molecule has 1 heterocycles. The minimum absolute atomic E-state index is 0.0503. The summed E-state index contributed by atoms with van der Waals surface area (Å²) in [6, 6.07) is 22.6. The van der Waals surface area contributed by atoms with Gasteiger partial charge in [0.05, 0.1) is 18.4 Å². The van der Waals surface area contributed by atoms with Crippen LogP contribution >= 0.6 is 0 Å². The third-order valence-electron chi connectivity index (χ3n) is 5.32. The van der Waals surface area contributed by atoms with Gasteiger partial charge in [0.25, 0.3) is 10.0 Å². The van der Waals surface area contributed by atoms with Gasteiger partial charge in [-0.15, -0.1) is 0 Å². The maximum absolute atomic E-state index is 13.6. The van der Waals surface area contributed by atoms with Crippen molar-refractivity contribution in [3.05, 3.63) is 107 Å². The molecule has 0 aliphatic carbocycles. The largest absolute Gasteiger partial charge is 0.468 e. The van der Waals surface area contributed by atoms with Crippen molar-refractivity contribution in [1.82, 2.24) is 4.31 Å². The summed E-state index contributed by atoms with van der Waals surface area (Å²) in [5.74, 6) is -2.55. The van der Waals surface area contributed by atoms with Crippen molar-refractivity contribution >= 4 is 33.5 Å². The Morgan fingerprint density at radius 3 is 2.06 bits per heavy atom. The van der Waals surface area contributed by atoms with E-state index >= 15 is 0 Å². The number of Topliss-reactive ketones (excluding diaryl/α,β-unsaturated/α-hetero) is 1. The number of carbonyl (C=O) groups excluding carboxylic acids is 3. The molecule has 178 valence electrons. The predicted octanol–water partition coefficient (Wildman–Crippen LogP) is 3.20. The Kier molecular flexibility index (Phi) is 6.79. The first kappa shape index (κ1) is 23.9. The maximum atomic E-state index is 13.6. The van der Waals surface area contributed by atoms with Crippen LogP contribution in [0.2, 0.25) is 0 Å². The van der Waals surface area contributed by atoms with E-state index in [0.29, 0.717) is 9.87 Å². The molecule has 9 heteroatoms. The van der Waals surface area contributed by atoms with Gasteiger partial charge in [-0.2, -0.15) is 0 Å². The summed E-state index contributed by atoms with van der Waals surface area (Å²) in [5.41, 5.74) is 0.441. The number of allylic oxidation sites excluding steroid dienone is 1. The number of ketones is 1. The lowest BCUT2D eigenvalue weighted by Gasteiger charge is -2.32. The first-order chi connectivity index (χ1) is 16.8. The summed E-state index contributed by atoms with van der Waals surface area (Å²) < 4.78 is 38.0. The number of hydrogen-bond acceptors (Lipinski definition) is 7. The van der Waals surface area contributed by atoms with E-state index in [4.69, 9.17) is 4.74 Å². The van der Waals surface area contributed by atoms with Gasteiger partial charge >= 0.3 is 11.9 Å². The third kappa shape index (κ3) is 4.85. The molecule has 0 fully saturated rings. The molecule has 3 aromatic carbocycles. The van der Waals surface area contributed by atoms with E-state index in [-0.39, 0.29) is 28.2 Å². The standard InChI is InChI=1S/C26H21NO7S/c1-33-23(29)17-27-24(25(30)19-12-6-3-7-13-19)26(20-14-8-9-15-21(20)35(27,31)32)34-22(28)16-18-10-4-2-5-11-18/h2-15H,16-17H2,1H3. The van der Waals surface area contributed by atoms with Gasteiger partial charge in [-0.3, -0.25) is 14.4 Å². The number of ether oxygens (including phenoxy) is 2. The van der Waals surface area contributed by atoms with Gasteiger partial charge in [-0.1, -0.05) is 72.8 Å². The van der Waals surface area contributed by atoms with Gasteiger partial charge < -0.3 is 9.47 Å². The van der Waals surface area contributed by atoms with Gasteiger partial charge in [0.1, 0.15) is 12.2 Å². The second-order valence-electron chi connectivity index (χ2n) is 7.59. The van der Waals surface area contributed by atoms with Crippen LogP contribution in [0, 0.1) is 0 Å².